The third-order valence-electron chi connectivity index (χ3n) is 6.09. The van der Waals surface area contributed by atoms with E-state index in [1.165, 1.54) is 4.90 Å². The Morgan fingerprint density at radius 3 is 1.97 bits per heavy atom. The van der Waals surface area contributed by atoms with Gasteiger partial charge in [0.2, 0.25) is 11.8 Å². The Morgan fingerprint density at radius 1 is 1.00 bits per heavy atom. The number of hydrogen-bond acceptors (Lipinski definition) is 2. The van der Waals surface area contributed by atoms with E-state index >= 15 is 0 Å². The predicted molar refractivity (Wildman–Crippen MR) is 120 cm³/mol. The van der Waals surface area contributed by atoms with Gasteiger partial charge in [0.05, 0.1) is 16.5 Å². The van der Waals surface area contributed by atoms with Crippen LogP contribution in [-0.4, -0.2) is 18.4 Å². The molecule has 1 atom stereocenters. The van der Waals surface area contributed by atoms with Crippen LogP contribution in [0.5, 0.6) is 0 Å². The number of rotatable bonds is 5. The molecule has 1 saturated heterocycles. The van der Waals surface area contributed by atoms with Crippen LogP contribution in [0.4, 0.5) is 37.7 Å². The quantitative estimate of drug-likeness (QED) is 0.462. The average Bonchev–Trinajstić information content (AvgIpc) is 3.02. The second kappa shape index (κ2) is 9.20. The van der Waals surface area contributed by atoms with Gasteiger partial charge in [-0.2, -0.15) is 26.3 Å². The second-order valence-corrected chi connectivity index (χ2v) is 9.52. The van der Waals surface area contributed by atoms with E-state index in [1.54, 1.807) is 0 Å². The molecule has 4 nitrogen and oxygen atoms in total. The fourth-order valence-corrected chi connectivity index (χ4v) is 4.72. The van der Waals surface area contributed by atoms with Crippen molar-refractivity contribution in [1.29, 1.82) is 0 Å². The Morgan fingerprint density at radius 2 is 1.51 bits per heavy atom. The van der Waals surface area contributed by atoms with Crippen LogP contribution in [-0.2, 0) is 21.9 Å². The zero-order chi connectivity index (χ0) is 26.3. The maximum atomic E-state index is 13.4. The summed E-state index contributed by atoms with van der Waals surface area (Å²) in [5.41, 5.74) is -2.74. The van der Waals surface area contributed by atoms with Gasteiger partial charge in [-0.1, -0.05) is 32.0 Å². The number of nitrogens with zero attached hydrogens (tertiary/aromatic N) is 1. The molecule has 0 aliphatic carbocycles. The number of amides is 2. The van der Waals surface area contributed by atoms with Crippen molar-refractivity contribution in [1.82, 2.24) is 0 Å². The predicted octanol–water partition coefficient (Wildman–Crippen LogP) is 6.75. The Hall–Kier alpha value is -3.04. The molecule has 2 aromatic carbocycles. The van der Waals surface area contributed by atoms with Gasteiger partial charge in [-0.15, -0.1) is 0 Å². The highest BCUT2D eigenvalue weighted by Crippen LogP contribution is 2.43. The first kappa shape index (κ1) is 26.6. The summed E-state index contributed by atoms with van der Waals surface area (Å²) in [5.74, 6) is -1.20. The summed E-state index contributed by atoms with van der Waals surface area (Å²) in [6.07, 6.45) is -10.1. The fraction of sp³-hybridized carbons (Fsp3) is 0.440. The van der Waals surface area contributed by atoms with Gasteiger partial charge in [0, 0.05) is 24.3 Å². The minimum atomic E-state index is -5.04. The smallest absolute Gasteiger partial charge is 0.326 e. The SMILES string of the molecule is Cc1cccc(C)c1N1CC(CC(C)C)(C(=O)Nc2cc(C(F)(F)F)cc(C(F)(F)F)c2)CC1=O. The van der Waals surface area contributed by atoms with Crippen LogP contribution in [0.1, 0.15) is 48.9 Å². The van der Waals surface area contributed by atoms with Crippen LogP contribution in [0, 0.1) is 25.2 Å². The van der Waals surface area contributed by atoms with Crippen LogP contribution in [0.25, 0.3) is 0 Å². The number of para-hydroxylation sites is 1. The van der Waals surface area contributed by atoms with Crippen LogP contribution >= 0.6 is 0 Å². The van der Waals surface area contributed by atoms with Gasteiger partial charge < -0.3 is 10.2 Å². The van der Waals surface area contributed by atoms with Crippen molar-refractivity contribution in [3.8, 4) is 0 Å². The first-order chi connectivity index (χ1) is 16.0. The minimum Gasteiger partial charge on any atom is -0.326 e. The van der Waals surface area contributed by atoms with E-state index < -0.39 is 40.5 Å². The molecule has 190 valence electrons. The van der Waals surface area contributed by atoms with E-state index in [4.69, 9.17) is 0 Å². The molecule has 0 saturated carbocycles. The lowest BCUT2D eigenvalue weighted by atomic mass is 9.78. The van der Waals surface area contributed by atoms with E-state index in [0.717, 1.165) is 11.1 Å². The molecule has 10 heteroatoms. The highest BCUT2D eigenvalue weighted by molar-refractivity contribution is 6.06. The Kier molecular flexibility index (Phi) is 6.98. The van der Waals surface area contributed by atoms with Crippen molar-refractivity contribution in [2.45, 2.75) is 52.9 Å². The molecule has 0 spiro atoms. The molecule has 35 heavy (non-hydrogen) atoms. The molecule has 1 fully saturated rings. The number of anilines is 2. The van der Waals surface area contributed by atoms with Crippen molar-refractivity contribution in [3.63, 3.8) is 0 Å². The third-order valence-corrected chi connectivity index (χ3v) is 6.09. The van der Waals surface area contributed by atoms with E-state index in [0.29, 0.717) is 17.8 Å². The topological polar surface area (TPSA) is 49.4 Å². The number of benzene rings is 2. The van der Waals surface area contributed by atoms with Gasteiger partial charge >= 0.3 is 12.4 Å². The third kappa shape index (κ3) is 5.62. The van der Waals surface area contributed by atoms with Crippen molar-refractivity contribution in [2.75, 3.05) is 16.8 Å². The highest BCUT2D eigenvalue weighted by Gasteiger charge is 2.50. The van der Waals surface area contributed by atoms with Crippen molar-refractivity contribution >= 4 is 23.2 Å². The van der Waals surface area contributed by atoms with Crippen molar-refractivity contribution in [3.05, 3.63) is 58.7 Å². The van der Waals surface area contributed by atoms with Gasteiger partial charge in [0.25, 0.3) is 0 Å². The molecule has 0 radical (unpaired) electrons. The van der Waals surface area contributed by atoms with E-state index in [1.807, 2.05) is 45.9 Å². The maximum Gasteiger partial charge on any atom is 0.416 e. The number of hydrogen-bond donors (Lipinski definition) is 1. The summed E-state index contributed by atoms with van der Waals surface area (Å²) in [5, 5.41) is 2.26. The maximum absolute atomic E-state index is 13.4. The Labute approximate surface area is 199 Å². The van der Waals surface area contributed by atoms with Gasteiger partial charge in [-0.3, -0.25) is 9.59 Å². The van der Waals surface area contributed by atoms with Gasteiger partial charge in [-0.05, 0) is 55.5 Å². The molecule has 0 bridgehead atoms. The summed E-state index contributed by atoms with van der Waals surface area (Å²) >= 11 is 0. The highest BCUT2D eigenvalue weighted by atomic mass is 19.4. The molecule has 3 rings (SSSR count). The summed E-state index contributed by atoms with van der Waals surface area (Å²) in [4.78, 5) is 28.0. The monoisotopic (exact) mass is 500 g/mol. The Bertz CT molecular complexity index is 1090. The van der Waals surface area contributed by atoms with Crippen LogP contribution in [0.15, 0.2) is 36.4 Å². The number of carbonyl (C=O) groups excluding carboxylic acids is 2. The lowest BCUT2D eigenvalue weighted by Gasteiger charge is -2.30. The van der Waals surface area contributed by atoms with E-state index in [2.05, 4.69) is 5.32 Å². The normalized spacial score (nSPS) is 18.9. The standard InChI is InChI=1S/C25H26F6N2O2/c1-14(2)11-23(12-20(34)33(13-23)21-15(3)6-5-7-16(21)4)22(35)32-19-9-17(24(26,27)28)8-18(10-19)25(29,30)31/h5-10,14H,11-13H2,1-4H3,(H,32,35). The van der Waals surface area contributed by atoms with Crippen molar-refractivity contribution < 1.29 is 35.9 Å². The first-order valence-electron chi connectivity index (χ1n) is 11.0. The zero-order valence-electron chi connectivity index (χ0n) is 19.7. The number of aryl methyl sites for hydroxylation is 2. The average molecular weight is 500 g/mol. The molecule has 1 N–H and O–H groups in total. The minimum absolute atomic E-state index is 0.00132. The first-order valence-corrected chi connectivity index (χ1v) is 11.0. The summed E-state index contributed by atoms with van der Waals surface area (Å²) in [6, 6.07) is 6.40. The van der Waals surface area contributed by atoms with E-state index in [-0.39, 0.29) is 37.3 Å². The summed E-state index contributed by atoms with van der Waals surface area (Å²) in [6.45, 7) is 7.26. The van der Waals surface area contributed by atoms with Crippen molar-refractivity contribution in [2.24, 2.45) is 11.3 Å². The van der Waals surface area contributed by atoms with Gasteiger partial charge in [0.15, 0.2) is 0 Å². The molecule has 2 amide bonds. The zero-order valence-corrected chi connectivity index (χ0v) is 19.7. The Balaban J connectivity index is 2.01. The van der Waals surface area contributed by atoms with Crippen LogP contribution in [0.2, 0.25) is 0 Å². The molecule has 1 aliphatic rings. The molecular formula is C25H26F6N2O2. The summed E-state index contributed by atoms with van der Waals surface area (Å²) in [7, 11) is 0. The molecule has 1 heterocycles. The van der Waals surface area contributed by atoms with Crippen LogP contribution in [0.3, 0.4) is 0 Å². The summed E-state index contributed by atoms with van der Waals surface area (Å²) < 4.78 is 79.5. The van der Waals surface area contributed by atoms with E-state index in [9.17, 15) is 35.9 Å². The number of carbonyl (C=O) groups is 2. The molecule has 1 unspecified atom stereocenters. The number of alkyl halides is 6. The number of halogens is 6. The molecule has 0 aromatic heterocycles. The largest absolute Gasteiger partial charge is 0.416 e. The molecule has 1 aliphatic heterocycles. The van der Waals surface area contributed by atoms with Crippen LogP contribution < -0.4 is 10.2 Å². The number of nitrogens with one attached hydrogen (secondary N) is 1. The molecule has 2 aromatic rings. The fourth-order valence-electron chi connectivity index (χ4n) is 4.72. The van der Waals surface area contributed by atoms with Gasteiger partial charge in [0.1, 0.15) is 0 Å². The second-order valence-electron chi connectivity index (χ2n) is 9.52. The lowest BCUT2D eigenvalue weighted by molar-refractivity contribution is -0.143. The molecular weight excluding hydrogens is 474 g/mol. The van der Waals surface area contributed by atoms with Gasteiger partial charge in [-0.25, -0.2) is 0 Å². The lowest BCUT2D eigenvalue weighted by Crippen LogP contribution is -2.40.